The lowest BCUT2D eigenvalue weighted by Gasteiger charge is -2.24. The molecule has 0 fully saturated rings. The standard InChI is InChI=1S/C19H28N6/c1-5-8-17(18-22-23-24-25(18)19(2,3)4)20-12-11-14-13-21-16-10-7-6-9-15(14)16/h6-7,9-10,13,17,20-21H,5,8,11-12H2,1-4H3. The Balaban J connectivity index is 1.70. The van der Waals surface area contributed by atoms with Crippen LogP contribution in [0.25, 0.3) is 10.9 Å². The molecule has 0 bridgehead atoms. The van der Waals surface area contributed by atoms with Gasteiger partial charge in [-0.1, -0.05) is 31.5 Å². The van der Waals surface area contributed by atoms with Crippen molar-refractivity contribution in [2.75, 3.05) is 6.54 Å². The molecule has 1 unspecified atom stereocenters. The van der Waals surface area contributed by atoms with Crippen LogP contribution in [0, 0.1) is 0 Å². The van der Waals surface area contributed by atoms with Gasteiger partial charge in [-0.25, -0.2) is 4.68 Å². The Morgan fingerprint density at radius 2 is 2.04 bits per heavy atom. The summed E-state index contributed by atoms with van der Waals surface area (Å²) in [6.07, 6.45) is 5.19. The van der Waals surface area contributed by atoms with Gasteiger partial charge in [0.05, 0.1) is 11.6 Å². The van der Waals surface area contributed by atoms with E-state index in [1.54, 1.807) is 0 Å². The zero-order valence-corrected chi connectivity index (χ0v) is 15.6. The van der Waals surface area contributed by atoms with Gasteiger partial charge in [-0.2, -0.15) is 0 Å². The quantitative estimate of drug-likeness (QED) is 0.689. The van der Waals surface area contributed by atoms with Crippen molar-refractivity contribution in [1.82, 2.24) is 30.5 Å². The lowest BCUT2D eigenvalue weighted by molar-refractivity contribution is 0.314. The van der Waals surface area contributed by atoms with Crippen molar-refractivity contribution in [1.29, 1.82) is 0 Å². The molecule has 0 saturated heterocycles. The van der Waals surface area contributed by atoms with Crippen LogP contribution in [0.4, 0.5) is 0 Å². The number of tetrazole rings is 1. The van der Waals surface area contributed by atoms with E-state index in [4.69, 9.17) is 0 Å². The third-order valence-corrected chi connectivity index (χ3v) is 4.48. The smallest absolute Gasteiger partial charge is 0.168 e. The molecule has 0 aliphatic heterocycles. The predicted octanol–water partition coefficient (Wildman–Crippen LogP) is 3.58. The van der Waals surface area contributed by atoms with Gasteiger partial charge in [0.1, 0.15) is 0 Å². The molecular weight excluding hydrogens is 312 g/mol. The molecule has 0 saturated carbocycles. The van der Waals surface area contributed by atoms with Crippen LogP contribution in [0.15, 0.2) is 30.5 Å². The van der Waals surface area contributed by atoms with E-state index >= 15 is 0 Å². The van der Waals surface area contributed by atoms with E-state index in [9.17, 15) is 0 Å². The third kappa shape index (κ3) is 3.90. The average Bonchev–Trinajstić information content (AvgIpc) is 3.21. The minimum Gasteiger partial charge on any atom is -0.361 e. The first kappa shape index (κ1) is 17.6. The largest absolute Gasteiger partial charge is 0.361 e. The molecule has 6 heteroatoms. The van der Waals surface area contributed by atoms with Crippen molar-refractivity contribution in [3.05, 3.63) is 41.9 Å². The zero-order chi connectivity index (χ0) is 17.9. The first-order valence-corrected chi connectivity index (χ1v) is 9.08. The Hall–Kier alpha value is -2.21. The summed E-state index contributed by atoms with van der Waals surface area (Å²) in [5.41, 5.74) is 2.41. The molecule has 2 heterocycles. The number of H-pyrrole nitrogens is 1. The third-order valence-electron chi connectivity index (χ3n) is 4.48. The van der Waals surface area contributed by atoms with Crippen LogP contribution in [0.1, 0.15) is 58.0 Å². The molecule has 6 nitrogen and oxygen atoms in total. The molecular formula is C19H28N6. The monoisotopic (exact) mass is 340 g/mol. The molecule has 2 N–H and O–H groups in total. The maximum atomic E-state index is 4.30. The summed E-state index contributed by atoms with van der Waals surface area (Å²) in [6.45, 7) is 9.47. The highest BCUT2D eigenvalue weighted by molar-refractivity contribution is 5.83. The van der Waals surface area contributed by atoms with Crippen LogP contribution >= 0.6 is 0 Å². The van der Waals surface area contributed by atoms with Gasteiger partial charge in [-0.15, -0.1) is 5.10 Å². The van der Waals surface area contributed by atoms with E-state index in [-0.39, 0.29) is 11.6 Å². The van der Waals surface area contributed by atoms with E-state index < -0.39 is 0 Å². The molecule has 0 aliphatic carbocycles. The molecule has 0 spiro atoms. The number of benzene rings is 1. The lowest BCUT2D eigenvalue weighted by Crippen LogP contribution is -2.32. The van der Waals surface area contributed by atoms with Crippen LogP contribution in [0.3, 0.4) is 0 Å². The van der Waals surface area contributed by atoms with Gasteiger partial charge in [-0.05, 0) is 62.2 Å². The fraction of sp³-hybridized carbons (Fsp3) is 0.526. The second-order valence-electron chi connectivity index (χ2n) is 7.52. The fourth-order valence-electron chi connectivity index (χ4n) is 3.22. The predicted molar refractivity (Wildman–Crippen MR) is 100 cm³/mol. The number of nitrogens with one attached hydrogen (secondary N) is 2. The average molecular weight is 340 g/mol. The normalized spacial score (nSPS) is 13.4. The van der Waals surface area contributed by atoms with Crippen molar-refractivity contribution >= 4 is 10.9 Å². The van der Waals surface area contributed by atoms with Crippen molar-refractivity contribution in [3.63, 3.8) is 0 Å². The van der Waals surface area contributed by atoms with Crippen molar-refractivity contribution in [3.8, 4) is 0 Å². The fourth-order valence-corrected chi connectivity index (χ4v) is 3.22. The Morgan fingerprint density at radius 3 is 2.80 bits per heavy atom. The number of aromatic amines is 1. The van der Waals surface area contributed by atoms with Crippen molar-refractivity contribution in [2.24, 2.45) is 0 Å². The second kappa shape index (κ2) is 7.35. The summed E-state index contributed by atoms with van der Waals surface area (Å²) < 4.78 is 1.94. The van der Waals surface area contributed by atoms with E-state index in [1.165, 1.54) is 16.5 Å². The number of fused-ring (bicyclic) bond motifs is 1. The molecule has 1 aromatic carbocycles. The molecule has 134 valence electrons. The molecule has 25 heavy (non-hydrogen) atoms. The topological polar surface area (TPSA) is 71.4 Å². The van der Waals surface area contributed by atoms with E-state index in [2.05, 4.69) is 84.0 Å². The second-order valence-corrected chi connectivity index (χ2v) is 7.52. The lowest BCUT2D eigenvalue weighted by atomic mass is 10.1. The Bertz CT molecular complexity index is 811. The van der Waals surface area contributed by atoms with Gasteiger partial charge in [0.2, 0.25) is 0 Å². The number of aromatic nitrogens is 5. The van der Waals surface area contributed by atoms with Gasteiger partial charge in [0, 0.05) is 17.1 Å². The van der Waals surface area contributed by atoms with E-state index in [0.717, 1.165) is 31.6 Å². The minimum atomic E-state index is -0.122. The zero-order valence-electron chi connectivity index (χ0n) is 15.6. The van der Waals surface area contributed by atoms with Crippen molar-refractivity contribution in [2.45, 2.75) is 58.5 Å². The summed E-state index contributed by atoms with van der Waals surface area (Å²) in [7, 11) is 0. The van der Waals surface area contributed by atoms with Crippen LogP contribution in [0.5, 0.6) is 0 Å². The summed E-state index contributed by atoms with van der Waals surface area (Å²) in [6, 6.07) is 8.60. The number of hydrogen-bond acceptors (Lipinski definition) is 4. The summed E-state index contributed by atoms with van der Waals surface area (Å²) in [5, 5.41) is 17.4. The highest BCUT2D eigenvalue weighted by atomic mass is 15.6. The Morgan fingerprint density at radius 1 is 1.24 bits per heavy atom. The van der Waals surface area contributed by atoms with Crippen LogP contribution in [-0.2, 0) is 12.0 Å². The van der Waals surface area contributed by atoms with Gasteiger partial charge in [0.15, 0.2) is 5.82 Å². The number of rotatable bonds is 7. The summed E-state index contributed by atoms with van der Waals surface area (Å²) in [4.78, 5) is 3.34. The minimum absolute atomic E-state index is 0.122. The number of nitrogens with zero attached hydrogens (tertiary/aromatic N) is 4. The maximum Gasteiger partial charge on any atom is 0.168 e. The first-order chi connectivity index (χ1) is 12.0. The van der Waals surface area contributed by atoms with Crippen molar-refractivity contribution < 1.29 is 0 Å². The summed E-state index contributed by atoms with van der Waals surface area (Å²) in [5.74, 6) is 0.924. The number of para-hydroxylation sites is 1. The van der Waals surface area contributed by atoms with Crippen LogP contribution in [0.2, 0.25) is 0 Å². The van der Waals surface area contributed by atoms with Crippen LogP contribution < -0.4 is 5.32 Å². The van der Waals surface area contributed by atoms with Crippen LogP contribution in [-0.4, -0.2) is 31.7 Å². The summed E-state index contributed by atoms with van der Waals surface area (Å²) >= 11 is 0. The van der Waals surface area contributed by atoms with Gasteiger partial charge < -0.3 is 10.3 Å². The molecule has 1 atom stereocenters. The van der Waals surface area contributed by atoms with Gasteiger partial charge >= 0.3 is 0 Å². The molecule has 0 amide bonds. The van der Waals surface area contributed by atoms with Gasteiger partial charge in [0.25, 0.3) is 0 Å². The van der Waals surface area contributed by atoms with Gasteiger partial charge in [-0.3, -0.25) is 0 Å². The Kier molecular flexibility index (Phi) is 5.18. The molecule has 3 aromatic rings. The van der Waals surface area contributed by atoms with E-state index in [1.807, 2.05) is 4.68 Å². The maximum absolute atomic E-state index is 4.30. The highest BCUT2D eigenvalue weighted by Gasteiger charge is 2.25. The molecule has 2 aromatic heterocycles. The SMILES string of the molecule is CCCC(NCCc1c[nH]c2ccccc12)c1nnnn1C(C)(C)C. The van der Waals surface area contributed by atoms with E-state index in [0.29, 0.717) is 0 Å². The highest BCUT2D eigenvalue weighted by Crippen LogP contribution is 2.22. The number of hydrogen-bond donors (Lipinski definition) is 2. The Labute approximate surface area is 149 Å². The molecule has 0 aliphatic rings. The first-order valence-electron chi connectivity index (χ1n) is 9.08. The molecule has 3 rings (SSSR count). The molecule has 0 radical (unpaired) electrons.